The number of nitrogens with zero attached hydrogens (tertiary/aromatic N) is 2. The van der Waals surface area contributed by atoms with Crippen molar-refractivity contribution < 1.29 is 4.39 Å². The van der Waals surface area contributed by atoms with Crippen molar-refractivity contribution in [1.29, 1.82) is 0 Å². The van der Waals surface area contributed by atoms with Gasteiger partial charge >= 0.3 is 0 Å². The Balaban J connectivity index is 1.88. The van der Waals surface area contributed by atoms with Crippen LogP contribution in [0.5, 0.6) is 0 Å². The van der Waals surface area contributed by atoms with Crippen LogP contribution < -0.4 is 5.32 Å². The van der Waals surface area contributed by atoms with E-state index in [2.05, 4.69) is 15.3 Å². The van der Waals surface area contributed by atoms with Gasteiger partial charge in [0.25, 0.3) is 0 Å². The van der Waals surface area contributed by atoms with Gasteiger partial charge in [-0.1, -0.05) is 18.6 Å². The smallest absolute Gasteiger partial charge is 0.225 e. The molecule has 3 nitrogen and oxygen atoms in total. The van der Waals surface area contributed by atoms with Crippen LogP contribution in [-0.2, 0) is 12.8 Å². The Labute approximate surface area is 142 Å². The molecule has 0 radical (unpaired) electrons. The third kappa shape index (κ3) is 2.79. The molecule has 118 valence electrons. The van der Waals surface area contributed by atoms with E-state index in [1.165, 1.54) is 35.8 Å². The fourth-order valence-corrected chi connectivity index (χ4v) is 4.57. The Morgan fingerprint density at radius 1 is 1.09 bits per heavy atom. The predicted octanol–water partition coefficient (Wildman–Crippen LogP) is 5.50. The number of hydrogen-bond acceptors (Lipinski definition) is 4. The number of para-hydroxylation sites is 1. The van der Waals surface area contributed by atoms with Crippen LogP contribution >= 0.6 is 22.9 Å². The molecule has 0 saturated heterocycles. The molecule has 0 saturated carbocycles. The molecule has 1 aliphatic carbocycles. The summed E-state index contributed by atoms with van der Waals surface area (Å²) in [7, 11) is 0. The van der Waals surface area contributed by atoms with Crippen molar-refractivity contribution in [3.63, 3.8) is 0 Å². The first kappa shape index (κ1) is 14.8. The van der Waals surface area contributed by atoms with Crippen LogP contribution in [0.1, 0.15) is 29.7 Å². The molecule has 0 spiro atoms. The highest BCUT2D eigenvalue weighted by molar-refractivity contribution is 7.19. The molecule has 1 N–H and O–H groups in total. The zero-order valence-electron chi connectivity index (χ0n) is 12.4. The van der Waals surface area contributed by atoms with E-state index in [0.29, 0.717) is 11.5 Å². The Hall–Kier alpha value is -1.72. The lowest BCUT2D eigenvalue weighted by Gasteiger charge is -2.09. The summed E-state index contributed by atoms with van der Waals surface area (Å²) in [6.07, 6.45) is 5.71. The summed E-state index contributed by atoms with van der Waals surface area (Å²) < 4.78 is 14.0. The molecule has 1 aromatic carbocycles. The Kier molecular flexibility index (Phi) is 3.91. The molecule has 0 amide bonds. The average molecular weight is 348 g/mol. The SMILES string of the molecule is Fc1ccccc1Nc1nc(Cl)nc2sc3c(c12)CCCCC3. The summed E-state index contributed by atoms with van der Waals surface area (Å²) in [5.41, 5.74) is 1.70. The van der Waals surface area contributed by atoms with E-state index in [1.807, 2.05) is 0 Å². The Morgan fingerprint density at radius 2 is 1.91 bits per heavy atom. The van der Waals surface area contributed by atoms with E-state index in [0.717, 1.165) is 23.1 Å². The van der Waals surface area contributed by atoms with E-state index in [4.69, 9.17) is 11.6 Å². The van der Waals surface area contributed by atoms with Crippen molar-refractivity contribution in [2.45, 2.75) is 32.1 Å². The van der Waals surface area contributed by atoms with Crippen molar-refractivity contribution in [2.75, 3.05) is 5.32 Å². The minimum Gasteiger partial charge on any atom is -0.337 e. The van der Waals surface area contributed by atoms with Gasteiger partial charge in [-0.05, 0) is 55.0 Å². The predicted molar refractivity (Wildman–Crippen MR) is 93.4 cm³/mol. The zero-order chi connectivity index (χ0) is 15.8. The largest absolute Gasteiger partial charge is 0.337 e. The average Bonchev–Trinajstić information content (AvgIpc) is 2.71. The van der Waals surface area contributed by atoms with Crippen LogP contribution in [0.25, 0.3) is 10.2 Å². The molecule has 2 heterocycles. The second-order valence-corrected chi connectivity index (χ2v) is 7.11. The number of hydrogen-bond donors (Lipinski definition) is 1. The normalized spacial score (nSPS) is 14.5. The minimum absolute atomic E-state index is 0.188. The fraction of sp³-hybridized carbons (Fsp3) is 0.294. The molecular formula is C17H15ClFN3S. The zero-order valence-corrected chi connectivity index (χ0v) is 14.0. The highest BCUT2D eigenvalue weighted by atomic mass is 35.5. The van der Waals surface area contributed by atoms with Crippen molar-refractivity contribution in [3.05, 3.63) is 45.8 Å². The summed E-state index contributed by atoms with van der Waals surface area (Å²) in [6, 6.07) is 6.58. The first-order chi connectivity index (χ1) is 11.2. The van der Waals surface area contributed by atoms with Gasteiger partial charge in [-0.25, -0.2) is 9.37 Å². The van der Waals surface area contributed by atoms with Crippen molar-refractivity contribution >= 4 is 44.7 Å². The highest BCUT2D eigenvalue weighted by Gasteiger charge is 2.20. The molecule has 1 aliphatic rings. The van der Waals surface area contributed by atoms with Gasteiger partial charge in [-0.15, -0.1) is 11.3 Å². The molecule has 6 heteroatoms. The summed E-state index contributed by atoms with van der Waals surface area (Å²) in [6.45, 7) is 0. The maximum absolute atomic E-state index is 14.0. The summed E-state index contributed by atoms with van der Waals surface area (Å²) >= 11 is 7.76. The number of halogens is 2. The monoisotopic (exact) mass is 347 g/mol. The van der Waals surface area contributed by atoms with Gasteiger partial charge in [0.15, 0.2) is 0 Å². The molecule has 0 unspecified atom stereocenters. The van der Waals surface area contributed by atoms with Gasteiger partial charge in [0.1, 0.15) is 16.5 Å². The maximum Gasteiger partial charge on any atom is 0.225 e. The van der Waals surface area contributed by atoms with Crippen molar-refractivity contribution in [3.8, 4) is 0 Å². The van der Waals surface area contributed by atoms with Crippen LogP contribution in [0, 0.1) is 5.82 Å². The van der Waals surface area contributed by atoms with E-state index >= 15 is 0 Å². The lowest BCUT2D eigenvalue weighted by Crippen LogP contribution is -1.99. The number of fused-ring (bicyclic) bond motifs is 3. The topological polar surface area (TPSA) is 37.8 Å². The molecule has 0 atom stereocenters. The van der Waals surface area contributed by atoms with Crippen LogP contribution in [0.4, 0.5) is 15.9 Å². The van der Waals surface area contributed by atoms with E-state index in [9.17, 15) is 4.39 Å². The van der Waals surface area contributed by atoms with Gasteiger partial charge < -0.3 is 5.32 Å². The highest BCUT2D eigenvalue weighted by Crippen LogP contribution is 2.39. The van der Waals surface area contributed by atoms with Gasteiger partial charge in [0.05, 0.1) is 11.1 Å². The van der Waals surface area contributed by atoms with Crippen LogP contribution in [0.3, 0.4) is 0 Å². The molecule has 0 fully saturated rings. The molecular weight excluding hydrogens is 333 g/mol. The number of benzene rings is 1. The minimum atomic E-state index is -0.309. The van der Waals surface area contributed by atoms with Crippen LogP contribution in [0.15, 0.2) is 24.3 Å². The summed E-state index contributed by atoms with van der Waals surface area (Å²) in [4.78, 5) is 11.0. The Bertz CT molecular complexity index is 878. The quantitative estimate of drug-likeness (QED) is 0.491. The van der Waals surface area contributed by atoms with Gasteiger partial charge in [0.2, 0.25) is 5.28 Å². The Morgan fingerprint density at radius 3 is 2.78 bits per heavy atom. The standard InChI is InChI=1S/C17H15ClFN3S/c18-17-21-15(20-12-8-5-4-7-11(12)19)14-10-6-2-1-3-9-13(10)23-16(14)22-17/h4-5,7-8H,1-3,6,9H2,(H,20,21,22). The van der Waals surface area contributed by atoms with E-state index in [-0.39, 0.29) is 11.1 Å². The second-order valence-electron chi connectivity index (χ2n) is 5.69. The van der Waals surface area contributed by atoms with Crippen molar-refractivity contribution in [2.24, 2.45) is 0 Å². The molecule has 4 rings (SSSR count). The molecule has 2 aromatic heterocycles. The number of nitrogens with one attached hydrogen (secondary N) is 1. The fourth-order valence-electron chi connectivity index (χ4n) is 3.09. The first-order valence-corrected chi connectivity index (χ1v) is 8.91. The van der Waals surface area contributed by atoms with Crippen LogP contribution in [-0.4, -0.2) is 9.97 Å². The number of rotatable bonds is 2. The summed E-state index contributed by atoms with van der Waals surface area (Å²) in [5.74, 6) is 0.293. The van der Waals surface area contributed by atoms with Gasteiger partial charge in [-0.2, -0.15) is 4.98 Å². The lowest BCUT2D eigenvalue weighted by molar-refractivity contribution is 0.632. The molecule has 23 heavy (non-hydrogen) atoms. The second kappa shape index (κ2) is 6.06. The first-order valence-electron chi connectivity index (χ1n) is 7.72. The van der Waals surface area contributed by atoms with Crippen molar-refractivity contribution in [1.82, 2.24) is 9.97 Å². The van der Waals surface area contributed by atoms with E-state index < -0.39 is 0 Å². The summed E-state index contributed by atoms with van der Waals surface area (Å²) in [5, 5.41) is 4.30. The molecule has 3 aromatic rings. The van der Waals surface area contributed by atoms with Gasteiger partial charge in [-0.3, -0.25) is 0 Å². The number of aryl methyl sites for hydroxylation is 2. The third-order valence-corrected chi connectivity index (χ3v) is 5.52. The third-order valence-electron chi connectivity index (χ3n) is 4.16. The number of thiophene rings is 1. The number of aromatic nitrogens is 2. The lowest BCUT2D eigenvalue weighted by atomic mass is 10.1. The van der Waals surface area contributed by atoms with Gasteiger partial charge in [0, 0.05) is 4.88 Å². The number of anilines is 2. The molecule has 0 bridgehead atoms. The van der Waals surface area contributed by atoms with Crippen LogP contribution in [0.2, 0.25) is 5.28 Å². The van der Waals surface area contributed by atoms with E-state index in [1.54, 1.807) is 29.5 Å². The molecule has 0 aliphatic heterocycles. The maximum atomic E-state index is 14.0.